The summed E-state index contributed by atoms with van der Waals surface area (Å²) in [5.41, 5.74) is 0.634. The minimum absolute atomic E-state index is 0.206. The van der Waals surface area contributed by atoms with E-state index in [4.69, 9.17) is 28.0 Å². The fraction of sp³-hybridized carbons (Fsp3) is 0.538. The van der Waals surface area contributed by atoms with Crippen molar-refractivity contribution in [3.05, 3.63) is 23.3 Å². The fourth-order valence-electron chi connectivity index (χ4n) is 2.29. The number of halogens is 2. The van der Waals surface area contributed by atoms with Gasteiger partial charge in [0.25, 0.3) is 0 Å². The van der Waals surface area contributed by atoms with Gasteiger partial charge in [-0.25, -0.2) is 0 Å². The summed E-state index contributed by atoms with van der Waals surface area (Å²) < 4.78 is 0. The average Bonchev–Trinajstić information content (AvgIpc) is 2.72. The average molecular weight is 288 g/mol. The Bertz CT molecular complexity index is 429. The molecule has 98 valence electrons. The maximum absolute atomic E-state index is 11.3. The summed E-state index contributed by atoms with van der Waals surface area (Å²) in [6.07, 6.45) is 6.08. The van der Waals surface area contributed by atoms with Gasteiger partial charge in [-0.2, -0.15) is 0 Å². The molecule has 4 unspecified atom stereocenters. The number of hydrogen-bond acceptors (Lipinski definition) is 3. The van der Waals surface area contributed by atoms with E-state index in [1.165, 1.54) is 0 Å². The molecule has 1 aliphatic carbocycles. The summed E-state index contributed by atoms with van der Waals surface area (Å²) >= 11 is 12.4. The first-order valence-corrected chi connectivity index (χ1v) is 6.74. The van der Waals surface area contributed by atoms with Crippen LogP contribution in [-0.2, 0) is 9.63 Å². The van der Waals surface area contributed by atoms with Gasteiger partial charge in [-0.1, -0.05) is 42.8 Å². The summed E-state index contributed by atoms with van der Waals surface area (Å²) in [6.45, 7) is 3.99. The number of aldehydes is 1. The first-order valence-electron chi connectivity index (χ1n) is 5.93. The molecule has 4 atom stereocenters. The molecule has 0 amide bonds. The van der Waals surface area contributed by atoms with Crippen molar-refractivity contribution in [2.45, 2.75) is 25.3 Å². The fourth-order valence-corrected chi connectivity index (χ4v) is 3.02. The predicted molar refractivity (Wildman–Crippen MR) is 72.9 cm³/mol. The second-order valence-corrected chi connectivity index (χ2v) is 5.79. The van der Waals surface area contributed by atoms with Crippen LogP contribution in [-0.4, -0.2) is 23.5 Å². The second kappa shape index (κ2) is 5.45. The maximum atomic E-state index is 11.3. The molecule has 0 bridgehead atoms. The van der Waals surface area contributed by atoms with E-state index in [1.807, 2.05) is 26.0 Å². The molecule has 2 aliphatic rings. The molecule has 5 heteroatoms. The number of carbonyl (C=O) groups is 1. The zero-order chi connectivity index (χ0) is 13.3. The van der Waals surface area contributed by atoms with Gasteiger partial charge in [0.05, 0.1) is 22.9 Å². The monoisotopic (exact) mass is 287 g/mol. The van der Waals surface area contributed by atoms with Crippen molar-refractivity contribution >= 4 is 35.2 Å². The van der Waals surface area contributed by atoms with Crippen LogP contribution in [0.3, 0.4) is 0 Å². The Kier molecular flexibility index (Phi) is 4.13. The lowest BCUT2D eigenvalue weighted by atomic mass is 9.82. The van der Waals surface area contributed by atoms with Crippen LogP contribution in [0.2, 0.25) is 0 Å². The molecule has 1 aliphatic heterocycles. The van der Waals surface area contributed by atoms with Gasteiger partial charge in [-0.3, -0.25) is 0 Å². The van der Waals surface area contributed by atoms with Gasteiger partial charge in [0.2, 0.25) is 0 Å². The zero-order valence-electron chi connectivity index (χ0n) is 10.2. The minimum atomic E-state index is -0.370. The Labute approximate surface area is 116 Å². The highest BCUT2D eigenvalue weighted by Gasteiger charge is 2.42. The normalized spacial score (nSPS) is 35.2. The topological polar surface area (TPSA) is 38.7 Å². The smallest absolute Gasteiger partial charge is 0.144 e. The molecule has 0 N–H and O–H groups in total. The standard InChI is InChI=1S/C13H15Cl2NO2/c1-7(2)13-8(6-17)12(16-18-13)11-9(14)4-3-5-10(11)15/h3-9,11,13H,1-2H3. The predicted octanol–water partition coefficient (Wildman–Crippen LogP) is 3.13. The van der Waals surface area contributed by atoms with Crippen molar-refractivity contribution in [3.8, 4) is 0 Å². The molecule has 0 aromatic rings. The summed E-state index contributed by atoms with van der Waals surface area (Å²) in [5, 5.41) is 4.36. The van der Waals surface area contributed by atoms with Gasteiger partial charge in [0.15, 0.2) is 0 Å². The molecule has 1 heterocycles. The highest BCUT2D eigenvalue weighted by Crippen LogP contribution is 2.36. The molecule has 2 rings (SSSR count). The van der Waals surface area contributed by atoms with Crippen molar-refractivity contribution in [1.82, 2.24) is 0 Å². The quantitative estimate of drug-likeness (QED) is 0.591. The van der Waals surface area contributed by atoms with Gasteiger partial charge >= 0.3 is 0 Å². The summed E-state index contributed by atoms with van der Waals surface area (Å²) in [4.78, 5) is 16.7. The highest BCUT2D eigenvalue weighted by molar-refractivity contribution is 6.34. The van der Waals surface area contributed by atoms with Gasteiger partial charge in [-0.15, -0.1) is 11.6 Å². The third-order valence-electron chi connectivity index (χ3n) is 3.26. The number of allylic oxidation sites excluding steroid dienone is 4. The van der Waals surface area contributed by atoms with Gasteiger partial charge in [0, 0.05) is 5.03 Å². The first-order chi connectivity index (χ1) is 8.56. The molecule has 0 aromatic carbocycles. The van der Waals surface area contributed by atoms with Gasteiger partial charge < -0.3 is 9.63 Å². The third kappa shape index (κ3) is 2.34. The van der Waals surface area contributed by atoms with Crippen LogP contribution in [0.25, 0.3) is 0 Å². The van der Waals surface area contributed by atoms with Crippen molar-refractivity contribution in [2.75, 3.05) is 0 Å². The van der Waals surface area contributed by atoms with E-state index < -0.39 is 0 Å². The van der Waals surface area contributed by atoms with E-state index in [0.717, 1.165) is 6.29 Å². The van der Waals surface area contributed by atoms with E-state index in [0.29, 0.717) is 10.7 Å². The molecule has 18 heavy (non-hydrogen) atoms. The van der Waals surface area contributed by atoms with E-state index in [1.54, 1.807) is 6.08 Å². The molecule has 0 saturated heterocycles. The van der Waals surface area contributed by atoms with Crippen molar-refractivity contribution < 1.29 is 9.63 Å². The molecule has 0 saturated carbocycles. The Morgan fingerprint density at radius 1 is 1.50 bits per heavy atom. The number of hydrogen-bond donors (Lipinski definition) is 0. The van der Waals surface area contributed by atoms with E-state index in [-0.39, 0.29) is 29.2 Å². The van der Waals surface area contributed by atoms with Crippen LogP contribution < -0.4 is 0 Å². The zero-order valence-corrected chi connectivity index (χ0v) is 11.7. The van der Waals surface area contributed by atoms with Crippen LogP contribution >= 0.6 is 23.2 Å². The number of carbonyl (C=O) groups excluding carboxylic acids is 1. The van der Waals surface area contributed by atoms with E-state index >= 15 is 0 Å². The van der Waals surface area contributed by atoms with E-state index in [2.05, 4.69) is 5.16 Å². The van der Waals surface area contributed by atoms with Gasteiger partial charge in [-0.05, 0) is 12.0 Å². The molecule has 0 spiro atoms. The maximum Gasteiger partial charge on any atom is 0.144 e. The van der Waals surface area contributed by atoms with Crippen molar-refractivity contribution in [2.24, 2.45) is 22.9 Å². The van der Waals surface area contributed by atoms with Crippen LogP contribution in [0.1, 0.15) is 13.8 Å². The largest absolute Gasteiger partial charge is 0.391 e. The minimum Gasteiger partial charge on any atom is -0.391 e. The van der Waals surface area contributed by atoms with Crippen LogP contribution in [0.4, 0.5) is 0 Å². The van der Waals surface area contributed by atoms with Crippen LogP contribution in [0.5, 0.6) is 0 Å². The number of alkyl halides is 1. The Morgan fingerprint density at radius 3 is 2.78 bits per heavy atom. The molecule has 0 fully saturated rings. The van der Waals surface area contributed by atoms with Gasteiger partial charge in [0.1, 0.15) is 12.4 Å². The number of oxime groups is 1. The summed E-state index contributed by atoms with van der Waals surface area (Å²) in [6, 6.07) is 0. The third-order valence-corrected chi connectivity index (χ3v) is 4.02. The SMILES string of the molecule is CC(C)C1ON=C(C2C(Cl)=CC=CC2Cl)C1C=O. The molecule has 3 nitrogen and oxygen atoms in total. The number of nitrogens with zero attached hydrogens (tertiary/aromatic N) is 1. The number of rotatable bonds is 3. The second-order valence-electron chi connectivity index (χ2n) is 4.85. The summed E-state index contributed by atoms with van der Waals surface area (Å²) in [7, 11) is 0. The Morgan fingerprint density at radius 2 is 2.22 bits per heavy atom. The molecular formula is C13H15Cl2NO2. The lowest BCUT2D eigenvalue weighted by molar-refractivity contribution is -0.112. The molecular weight excluding hydrogens is 273 g/mol. The first kappa shape index (κ1) is 13.6. The lowest BCUT2D eigenvalue weighted by Crippen LogP contribution is -2.36. The summed E-state index contributed by atoms with van der Waals surface area (Å²) in [5.74, 6) is -0.431. The Hall–Kier alpha value is -0.800. The van der Waals surface area contributed by atoms with Crippen molar-refractivity contribution in [3.63, 3.8) is 0 Å². The Balaban J connectivity index is 2.26. The highest BCUT2D eigenvalue weighted by atomic mass is 35.5. The lowest BCUT2D eigenvalue weighted by Gasteiger charge is -2.24. The van der Waals surface area contributed by atoms with Crippen LogP contribution in [0.15, 0.2) is 28.4 Å². The molecule has 0 radical (unpaired) electrons. The van der Waals surface area contributed by atoms with E-state index in [9.17, 15) is 4.79 Å². The van der Waals surface area contributed by atoms with Crippen molar-refractivity contribution in [1.29, 1.82) is 0 Å². The molecule has 0 aromatic heterocycles. The van der Waals surface area contributed by atoms with Crippen LogP contribution in [0, 0.1) is 17.8 Å².